The van der Waals surface area contributed by atoms with Crippen molar-refractivity contribution in [1.82, 2.24) is 4.98 Å². The van der Waals surface area contributed by atoms with Gasteiger partial charge >= 0.3 is 0 Å². The van der Waals surface area contributed by atoms with Crippen LogP contribution in [0.15, 0.2) is 36.5 Å². The molecule has 0 saturated carbocycles. The molecule has 2 aromatic rings. The summed E-state index contributed by atoms with van der Waals surface area (Å²) in [6, 6.07) is 10.3. The predicted octanol–water partition coefficient (Wildman–Crippen LogP) is 3.32. The summed E-state index contributed by atoms with van der Waals surface area (Å²) < 4.78 is 5.23. The number of pyridine rings is 1. The van der Waals surface area contributed by atoms with Crippen molar-refractivity contribution < 1.29 is 4.74 Å². The average molecular weight is 242 g/mol. The second-order valence-corrected chi connectivity index (χ2v) is 4.32. The van der Waals surface area contributed by atoms with Crippen LogP contribution in [-0.4, -0.2) is 12.1 Å². The third-order valence-corrected chi connectivity index (χ3v) is 3.03. The Kier molecular flexibility index (Phi) is 3.82. The number of anilines is 1. The molecule has 0 bridgehead atoms. The van der Waals surface area contributed by atoms with Gasteiger partial charge in [-0.3, -0.25) is 0 Å². The van der Waals surface area contributed by atoms with E-state index < -0.39 is 0 Å². The normalized spacial score (nSPS) is 10.2. The van der Waals surface area contributed by atoms with Crippen molar-refractivity contribution in [3.63, 3.8) is 0 Å². The smallest absolute Gasteiger partial charge is 0.218 e. The summed E-state index contributed by atoms with van der Waals surface area (Å²) in [6.07, 6.45) is 1.73. The molecule has 0 amide bonds. The number of nitrogens with one attached hydrogen (secondary N) is 1. The van der Waals surface area contributed by atoms with Gasteiger partial charge in [0.05, 0.1) is 7.11 Å². The van der Waals surface area contributed by atoms with Crippen LogP contribution in [0.5, 0.6) is 5.88 Å². The van der Waals surface area contributed by atoms with E-state index in [-0.39, 0.29) is 0 Å². The molecule has 1 N–H and O–H groups in total. The Balaban J connectivity index is 2.09. The highest BCUT2D eigenvalue weighted by Gasteiger charge is 2.03. The highest BCUT2D eigenvalue weighted by molar-refractivity contribution is 5.48. The Hall–Kier alpha value is -2.03. The maximum absolute atomic E-state index is 5.23. The molecule has 94 valence electrons. The van der Waals surface area contributed by atoms with E-state index in [2.05, 4.69) is 42.3 Å². The molecule has 0 saturated heterocycles. The van der Waals surface area contributed by atoms with Crippen LogP contribution in [0, 0.1) is 13.8 Å². The molecule has 18 heavy (non-hydrogen) atoms. The molecule has 0 spiro atoms. The molecule has 0 atom stereocenters. The van der Waals surface area contributed by atoms with E-state index in [0.29, 0.717) is 12.4 Å². The Morgan fingerprint density at radius 1 is 1.17 bits per heavy atom. The van der Waals surface area contributed by atoms with Gasteiger partial charge in [-0.1, -0.05) is 12.1 Å². The molecule has 0 fully saturated rings. The number of ether oxygens (including phenoxy) is 1. The zero-order valence-electron chi connectivity index (χ0n) is 11.0. The van der Waals surface area contributed by atoms with E-state index >= 15 is 0 Å². The Morgan fingerprint density at radius 2 is 2.00 bits per heavy atom. The monoisotopic (exact) mass is 242 g/mol. The molecule has 1 aromatic carbocycles. The van der Waals surface area contributed by atoms with Crippen molar-refractivity contribution in [1.29, 1.82) is 0 Å². The van der Waals surface area contributed by atoms with Crippen LogP contribution < -0.4 is 10.1 Å². The fourth-order valence-electron chi connectivity index (χ4n) is 1.79. The van der Waals surface area contributed by atoms with Crippen molar-refractivity contribution in [2.45, 2.75) is 20.4 Å². The molecule has 1 heterocycles. The van der Waals surface area contributed by atoms with Crippen LogP contribution in [0.25, 0.3) is 0 Å². The quantitative estimate of drug-likeness (QED) is 0.893. The minimum Gasteiger partial charge on any atom is -0.481 e. The van der Waals surface area contributed by atoms with Gasteiger partial charge in [0.1, 0.15) is 0 Å². The fraction of sp³-hybridized carbons (Fsp3) is 0.267. The van der Waals surface area contributed by atoms with Crippen LogP contribution in [-0.2, 0) is 6.54 Å². The number of benzene rings is 1. The molecule has 0 radical (unpaired) electrons. The Labute approximate surface area is 108 Å². The second-order valence-electron chi connectivity index (χ2n) is 4.32. The van der Waals surface area contributed by atoms with E-state index in [9.17, 15) is 0 Å². The van der Waals surface area contributed by atoms with Crippen LogP contribution in [0.3, 0.4) is 0 Å². The first kappa shape index (κ1) is 12.4. The standard InChI is InChI=1S/C15H18N2O/c1-11-6-7-14(9-12(11)2)17-10-13-5-4-8-16-15(13)18-3/h4-9,17H,10H2,1-3H3. The number of nitrogens with zero attached hydrogens (tertiary/aromatic N) is 1. The maximum Gasteiger partial charge on any atom is 0.218 e. The topological polar surface area (TPSA) is 34.1 Å². The van der Waals surface area contributed by atoms with Crippen molar-refractivity contribution >= 4 is 5.69 Å². The zero-order chi connectivity index (χ0) is 13.0. The number of methoxy groups -OCH3 is 1. The lowest BCUT2D eigenvalue weighted by atomic mass is 10.1. The third-order valence-electron chi connectivity index (χ3n) is 3.03. The molecule has 2 rings (SSSR count). The first-order valence-electron chi connectivity index (χ1n) is 5.99. The fourth-order valence-corrected chi connectivity index (χ4v) is 1.79. The molecule has 3 heteroatoms. The van der Waals surface area contributed by atoms with Crippen LogP contribution in [0.4, 0.5) is 5.69 Å². The van der Waals surface area contributed by atoms with Gasteiger partial charge in [-0.15, -0.1) is 0 Å². The molecule has 1 aromatic heterocycles. The first-order valence-corrected chi connectivity index (χ1v) is 5.99. The van der Waals surface area contributed by atoms with Crippen LogP contribution in [0.1, 0.15) is 16.7 Å². The van der Waals surface area contributed by atoms with E-state index in [1.807, 2.05) is 12.1 Å². The van der Waals surface area contributed by atoms with Crippen molar-refractivity contribution in [2.75, 3.05) is 12.4 Å². The molecule has 0 unspecified atom stereocenters. The summed E-state index contributed by atoms with van der Waals surface area (Å²) in [5, 5.41) is 3.38. The third kappa shape index (κ3) is 2.80. The second kappa shape index (κ2) is 5.54. The summed E-state index contributed by atoms with van der Waals surface area (Å²) in [4.78, 5) is 4.18. The van der Waals surface area contributed by atoms with Gasteiger partial charge in [0, 0.05) is 24.0 Å². The molecular weight excluding hydrogens is 224 g/mol. The summed E-state index contributed by atoms with van der Waals surface area (Å²) in [7, 11) is 1.64. The lowest BCUT2D eigenvalue weighted by Gasteiger charge is -2.10. The number of rotatable bonds is 4. The number of aromatic nitrogens is 1. The summed E-state index contributed by atoms with van der Waals surface area (Å²) in [6.45, 7) is 4.94. The summed E-state index contributed by atoms with van der Waals surface area (Å²) >= 11 is 0. The largest absolute Gasteiger partial charge is 0.481 e. The van der Waals surface area contributed by atoms with Crippen LogP contribution >= 0.6 is 0 Å². The lowest BCUT2D eigenvalue weighted by Crippen LogP contribution is -2.03. The van der Waals surface area contributed by atoms with Gasteiger partial charge < -0.3 is 10.1 Å². The Morgan fingerprint density at radius 3 is 2.72 bits per heavy atom. The lowest BCUT2D eigenvalue weighted by molar-refractivity contribution is 0.393. The van der Waals surface area contributed by atoms with Gasteiger partial charge in [-0.05, 0) is 43.2 Å². The first-order chi connectivity index (χ1) is 8.70. The van der Waals surface area contributed by atoms with Gasteiger partial charge in [0.25, 0.3) is 0 Å². The van der Waals surface area contributed by atoms with E-state index in [0.717, 1.165) is 11.3 Å². The predicted molar refractivity (Wildman–Crippen MR) is 74.0 cm³/mol. The number of hydrogen-bond donors (Lipinski definition) is 1. The molecule has 3 nitrogen and oxygen atoms in total. The zero-order valence-corrected chi connectivity index (χ0v) is 11.0. The minimum atomic E-state index is 0.675. The number of hydrogen-bond acceptors (Lipinski definition) is 3. The van der Waals surface area contributed by atoms with E-state index in [4.69, 9.17) is 4.74 Å². The summed E-state index contributed by atoms with van der Waals surface area (Å²) in [5.74, 6) is 0.675. The maximum atomic E-state index is 5.23. The van der Waals surface area contributed by atoms with Gasteiger partial charge in [-0.2, -0.15) is 0 Å². The van der Waals surface area contributed by atoms with Crippen molar-refractivity contribution in [3.05, 3.63) is 53.2 Å². The van der Waals surface area contributed by atoms with Gasteiger partial charge in [0.15, 0.2) is 0 Å². The van der Waals surface area contributed by atoms with Crippen LogP contribution in [0.2, 0.25) is 0 Å². The molecule has 0 aliphatic rings. The van der Waals surface area contributed by atoms with E-state index in [1.165, 1.54) is 11.1 Å². The molecule has 0 aliphatic heterocycles. The summed E-state index contributed by atoms with van der Waals surface area (Å²) in [5.41, 5.74) is 4.76. The van der Waals surface area contributed by atoms with Crippen molar-refractivity contribution in [3.8, 4) is 5.88 Å². The van der Waals surface area contributed by atoms with Crippen molar-refractivity contribution in [2.24, 2.45) is 0 Å². The Bertz CT molecular complexity index is 538. The minimum absolute atomic E-state index is 0.675. The molecular formula is C15H18N2O. The highest BCUT2D eigenvalue weighted by atomic mass is 16.5. The van der Waals surface area contributed by atoms with Gasteiger partial charge in [-0.25, -0.2) is 4.98 Å². The average Bonchev–Trinajstić information content (AvgIpc) is 2.40. The number of aryl methyl sites for hydroxylation is 2. The van der Waals surface area contributed by atoms with Gasteiger partial charge in [0.2, 0.25) is 5.88 Å². The SMILES string of the molecule is COc1ncccc1CNc1ccc(C)c(C)c1. The van der Waals surface area contributed by atoms with E-state index in [1.54, 1.807) is 13.3 Å². The highest BCUT2D eigenvalue weighted by Crippen LogP contribution is 2.18. The molecule has 0 aliphatic carbocycles.